The summed E-state index contributed by atoms with van der Waals surface area (Å²) >= 11 is 0. The third-order valence-corrected chi connectivity index (χ3v) is 2.18. The van der Waals surface area contributed by atoms with Gasteiger partial charge in [-0.05, 0) is 12.8 Å². The van der Waals surface area contributed by atoms with Crippen molar-refractivity contribution in [3.8, 4) is 0 Å². The molecule has 0 saturated carbocycles. The quantitative estimate of drug-likeness (QED) is 0.738. The van der Waals surface area contributed by atoms with Crippen molar-refractivity contribution in [3.05, 3.63) is 0 Å². The second-order valence-corrected chi connectivity index (χ2v) is 3.15. The standard InChI is InChI=1S/C8H12F2O3/c9-8(10)5(4-7(11)12)6-2-1-3-13-6/h5-6,8H,1-4H2,(H,11,12). The number of ether oxygens (including phenoxy) is 1. The second-order valence-electron chi connectivity index (χ2n) is 3.15. The van der Waals surface area contributed by atoms with Crippen LogP contribution in [0, 0.1) is 5.92 Å². The average Bonchev–Trinajstić information content (AvgIpc) is 2.50. The fraction of sp³-hybridized carbons (Fsp3) is 0.875. The molecule has 3 nitrogen and oxygen atoms in total. The molecule has 0 spiro atoms. The van der Waals surface area contributed by atoms with Gasteiger partial charge in [0.1, 0.15) is 0 Å². The van der Waals surface area contributed by atoms with E-state index < -0.39 is 30.8 Å². The molecule has 1 aliphatic rings. The molecule has 0 bridgehead atoms. The van der Waals surface area contributed by atoms with Gasteiger partial charge in [0.25, 0.3) is 0 Å². The molecule has 0 aromatic rings. The fourth-order valence-electron chi connectivity index (χ4n) is 1.52. The highest BCUT2D eigenvalue weighted by molar-refractivity contribution is 5.67. The molecule has 5 heteroatoms. The van der Waals surface area contributed by atoms with Crippen LogP contribution in [0.4, 0.5) is 8.78 Å². The van der Waals surface area contributed by atoms with Crippen molar-refractivity contribution >= 4 is 5.97 Å². The first-order valence-electron chi connectivity index (χ1n) is 4.23. The molecule has 0 radical (unpaired) electrons. The minimum atomic E-state index is -2.61. The van der Waals surface area contributed by atoms with Crippen molar-refractivity contribution in [2.75, 3.05) is 6.61 Å². The normalized spacial score (nSPS) is 25.0. The van der Waals surface area contributed by atoms with Gasteiger partial charge in [0.05, 0.1) is 18.4 Å². The Hall–Kier alpha value is -0.710. The molecule has 1 fully saturated rings. The minimum Gasteiger partial charge on any atom is -0.481 e. The number of carboxylic acid groups (broad SMARTS) is 1. The van der Waals surface area contributed by atoms with Gasteiger partial charge >= 0.3 is 5.97 Å². The molecule has 1 N–H and O–H groups in total. The monoisotopic (exact) mass is 194 g/mol. The van der Waals surface area contributed by atoms with Crippen molar-refractivity contribution in [1.29, 1.82) is 0 Å². The molecule has 13 heavy (non-hydrogen) atoms. The highest BCUT2D eigenvalue weighted by Gasteiger charge is 2.34. The number of rotatable bonds is 4. The van der Waals surface area contributed by atoms with E-state index in [1.807, 2.05) is 0 Å². The van der Waals surface area contributed by atoms with E-state index in [0.29, 0.717) is 13.0 Å². The molecule has 0 aliphatic carbocycles. The molecule has 2 unspecified atom stereocenters. The Kier molecular flexibility index (Phi) is 3.59. The maximum Gasteiger partial charge on any atom is 0.303 e. The summed E-state index contributed by atoms with van der Waals surface area (Å²) in [6.07, 6.45) is -2.41. The summed E-state index contributed by atoms with van der Waals surface area (Å²) in [6.45, 7) is 0.466. The molecule has 2 atom stereocenters. The molecule has 76 valence electrons. The molecular formula is C8H12F2O3. The zero-order valence-corrected chi connectivity index (χ0v) is 7.08. The third kappa shape index (κ3) is 2.91. The van der Waals surface area contributed by atoms with Crippen LogP contribution in [-0.2, 0) is 9.53 Å². The Bertz CT molecular complexity index is 178. The van der Waals surface area contributed by atoms with Gasteiger partial charge in [0.2, 0.25) is 6.43 Å². The molecule has 1 heterocycles. The Morgan fingerprint density at radius 2 is 2.31 bits per heavy atom. The van der Waals surface area contributed by atoms with E-state index in [0.717, 1.165) is 6.42 Å². The van der Waals surface area contributed by atoms with Crippen LogP contribution in [0.15, 0.2) is 0 Å². The van der Waals surface area contributed by atoms with Crippen LogP contribution in [0.3, 0.4) is 0 Å². The summed E-state index contributed by atoms with van der Waals surface area (Å²) in [5.74, 6) is -2.35. The number of aliphatic carboxylic acids is 1. The Balaban J connectivity index is 2.50. The number of carbonyl (C=O) groups is 1. The molecular weight excluding hydrogens is 182 g/mol. The van der Waals surface area contributed by atoms with Gasteiger partial charge in [-0.15, -0.1) is 0 Å². The molecule has 1 rings (SSSR count). The topological polar surface area (TPSA) is 46.5 Å². The summed E-state index contributed by atoms with van der Waals surface area (Å²) < 4.78 is 29.8. The van der Waals surface area contributed by atoms with Gasteiger partial charge in [-0.1, -0.05) is 0 Å². The van der Waals surface area contributed by atoms with E-state index in [1.165, 1.54) is 0 Å². The van der Waals surface area contributed by atoms with Gasteiger partial charge < -0.3 is 9.84 Å². The number of hydrogen-bond acceptors (Lipinski definition) is 2. The van der Waals surface area contributed by atoms with Gasteiger partial charge in [0, 0.05) is 6.61 Å². The van der Waals surface area contributed by atoms with Crippen LogP contribution in [-0.4, -0.2) is 30.2 Å². The molecule has 0 aromatic heterocycles. The molecule has 1 aliphatic heterocycles. The van der Waals surface area contributed by atoms with E-state index >= 15 is 0 Å². The lowest BCUT2D eigenvalue weighted by molar-refractivity contribution is -0.142. The van der Waals surface area contributed by atoms with E-state index in [9.17, 15) is 13.6 Å². The van der Waals surface area contributed by atoms with E-state index in [2.05, 4.69) is 0 Å². The van der Waals surface area contributed by atoms with Crippen LogP contribution in [0.25, 0.3) is 0 Å². The fourth-order valence-corrected chi connectivity index (χ4v) is 1.52. The zero-order valence-electron chi connectivity index (χ0n) is 7.08. The lowest BCUT2D eigenvalue weighted by Crippen LogP contribution is -2.28. The van der Waals surface area contributed by atoms with Crippen molar-refractivity contribution in [3.63, 3.8) is 0 Å². The van der Waals surface area contributed by atoms with Gasteiger partial charge in [0.15, 0.2) is 0 Å². The Morgan fingerprint density at radius 3 is 2.69 bits per heavy atom. The van der Waals surface area contributed by atoms with Crippen LogP contribution < -0.4 is 0 Å². The van der Waals surface area contributed by atoms with Crippen LogP contribution in [0.1, 0.15) is 19.3 Å². The number of halogens is 2. The smallest absolute Gasteiger partial charge is 0.303 e. The molecule has 0 aromatic carbocycles. The third-order valence-electron chi connectivity index (χ3n) is 2.18. The van der Waals surface area contributed by atoms with Crippen molar-refractivity contribution < 1.29 is 23.4 Å². The van der Waals surface area contributed by atoms with E-state index in [-0.39, 0.29) is 0 Å². The second kappa shape index (κ2) is 4.50. The van der Waals surface area contributed by atoms with Gasteiger partial charge in [-0.2, -0.15) is 0 Å². The molecule has 1 saturated heterocycles. The van der Waals surface area contributed by atoms with Crippen LogP contribution in [0.5, 0.6) is 0 Å². The summed E-state index contributed by atoms with van der Waals surface area (Å²) in [5.41, 5.74) is 0. The van der Waals surface area contributed by atoms with Gasteiger partial charge in [-0.25, -0.2) is 8.78 Å². The summed E-state index contributed by atoms with van der Waals surface area (Å²) in [7, 11) is 0. The van der Waals surface area contributed by atoms with Gasteiger partial charge in [-0.3, -0.25) is 4.79 Å². The predicted octanol–water partition coefficient (Wildman–Crippen LogP) is 1.52. The maximum atomic E-state index is 12.4. The first kappa shape index (κ1) is 10.4. The van der Waals surface area contributed by atoms with Crippen molar-refractivity contribution in [1.82, 2.24) is 0 Å². The largest absolute Gasteiger partial charge is 0.481 e. The first-order chi connectivity index (χ1) is 6.11. The highest BCUT2D eigenvalue weighted by atomic mass is 19.3. The lowest BCUT2D eigenvalue weighted by atomic mass is 9.97. The Morgan fingerprint density at radius 1 is 1.62 bits per heavy atom. The summed E-state index contributed by atoms with van der Waals surface area (Å²) in [6, 6.07) is 0. The summed E-state index contributed by atoms with van der Waals surface area (Å²) in [4.78, 5) is 10.3. The van der Waals surface area contributed by atoms with E-state index in [4.69, 9.17) is 9.84 Å². The number of alkyl halides is 2. The van der Waals surface area contributed by atoms with Crippen LogP contribution >= 0.6 is 0 Å². The lowest BCUT2D eigenvalue weighted by Gasteiger charge is -2.19. The maximum absolute atomic E-state index is 12.4. The highest BCUT2D eigenvalue weighted by Crippen LogP contribution is 2.27. The SMILES string of the molecule is O=C(O)CC(C(F)F)C1CCCO1. The predicted molar refractivity (Wildman–Crippen MR) is 40.7 cm³/mol. The minimum absolute atomic E-state index is 0.466. The van der Waals surface area contributed by atoms with Crippen molar-refractivity contribution in [2.24, 2.45) is 5.92 Å². The summed E-state index contributed by atoms with van der Waals surface area (Å²) in [5, 5.41) is 8.40. The number of hydrogen-bond donors (Lipinski definition) is 1. The Labute approximate surface area is 74.7 Å². The van der Waals surface area contributed by atoms with Crippen LogP contribution in [0.2, 0.25) is 0 Å². The van der Waals surface area contributed by atoms with E-state index in [1.54, 1.807) is 0 Å². The first-order valence-corrected chi connectivity index (χ1v) is 4.23. The number of carboxylic acids is 1. The molecule has 0 amide bonds. The van der Waals surface area contributed by atoms with Crippen molar-refractivity contribution in [2.45, 2.75) is 31.8 Å². The zero-order chi connectivity index (χ0) is 9.84. The average molecular weight is 194 g/mol.